The van der Waals surface area contributed by atoms with Gasteiger partial charge in [-0.15, -0.1) is 0 Å². The summed E-state index contributed by atoms with van der Waals surface area (Å²) < 4.78 is 5.30. The lowest BCUT2D eigenvalue weighted by atomic mass is 9.99. The summed E-state index contributed by atoms with van der Waals surface area (Å²) in [5.74, 6) is 0. The van der Waals surface area contributed by atoms with Crippen molar-refractivity contribution in [2.75, 3.05) is 13.2 Å². The van der Waals surface area contributed by atoms with Crippen LogP contribution in [0.1, 0.15) is 26.3 Å². The minimum atomic E-state index is -0.617. The molecule has 0 fully saturated rings. The van der Waals surface area contributed by atoms with Gasteiger partial charge in [-0.1, -0.05) is 12.2 Å². The van der Waals surface area contributed by atoms with Crippen molar-refractivity contribution in [1.82, 2.24) is 24.8 Å². The zero-order valence-electron chi connectivity index (χ0n) is 16.7. The fourth-order valence-electron chi connectivity index (χ4n) is 3.33. The average molecular weight is 386 g/mol. The Labute approximate surface area is 169 Å². The zero-order valence-corrected chi connectivity index (χ0v) is 16.7. The molecular weight excluding hydrogens is 364 g/mol. The summed E-state index contributed by atoms with van der Waals surface area (Å²) in [6, 6.07) is 6.87. The Bertz CT molecular complexity index is 1130. The van der Waals surface area contributed by atoms with Crippen LogP contribution in [-0.4, -0.2) is 43.5 Å². The van der Waals surface area contributed by atoms with E-state index in [2.05, 4.69) is 43.0 Å². The number of rotatable bonds is 5. The number of hydrogen-bond donors (Lipinski definition) is 1. The SMILES string of the molecule is CCOc1ncc(-c2cc3cc(C4=CC=CCN4C(C)(C)C#N)cnc3[nH]2)cn1. The highest BCUT2D eigenvalue weighted by Gasteiger charge is 2.29. The molecule has 4 heterocycles. The number of pyridine rings is 1. The van der Waals surface area contributed by atoms with Crippen molar-refractivity contribution in [1.29, 1.82) is 5.26 Å². The van der Waals surface area contributed by atoms with Gasteiger partial charge in [0.1, 0.15) is 11.2 Å². The van der Waals surface area contributed by atoms with Crippen molar-refractivity contribution in [3.63, 3.8) is 0 Å². The third-order valence-corrected chi connectivity index (χ3v) is 4.90. The molecule has 3 aromatic rings. The second-order valence-electron chi connectivity index (χ2n) is 7.29. The van der Waals surface area contributed by atoms with Crippen LogP contribution in [0.25, 0.3) is 28.0 Å². The molecule has 1 aliphatic heterocycles. The Morgan fingerprint density at radius 1 is 1.17 bits per heavy atom. The molecule has 0 saturated heterocycles. The Morgan fingerprint density at radius 3 is 2.66 bits per heavy atom. The number of nitriles is 1. The molecule has 4 rings (SSSR count). The number of aromatic nitrogens is 4. The summed E-state index contributed by atoms with van der Waals surface area (Å²) in [6.45, 7) is 6.96. The third kappa shape index (κ3) is 3.57. The standard InChI is InChI=1S/C22H22N6O/c1-4-29-21-25-12-17(13-26-21)18-10-15-9-16(11-24-20(15)27-18)19-7-5-6-8-28(19)22(2,3)14-23/h5-7,9-13H,4,8H2,1-3H3,(H,24,27). The highest BCUT2D eigenvalue weighted by molar-refractivity contribution is 5.85. The fraction of sp³-hybridized carbons (Fsp3) is 0.273. The van der Waals surface area contributed by atoms with Crippen LogP contribution in [-0.2, 0) is 0 Å². The van der Waals surface area contributed by atoms with E-state index in [0.717, 1.165) is 33.6 Å². The number of fused-ring (bicyclic) bond motifs is 1. The van der Waals surface area contributed by atoms with Gasteiger partial charge in [-0.05, 0) is 39.0 Å². The van der Waals surface area contributed by atoms with E-state index in [9.17, 15) is 5.26 Å². The van der Waals surface area contributed by atoms with Crippen LogP contribution in [0.3, 0.4) is 0 Å². The summed E-state index contributed by atoms with van der Waals surface area (Å²) in [6.07, 6.45) is 11.4. The molecule has 0 aliphatic carbocycles. The van der Waals surface area contributed by atoms with Gasteiger partial charge in [0, 0.05) is 47.3 Å². The molecule has 0 radical (unpaired) electrons. The zero-order chi connectivity index (χ0) is 20.4. The molecule has 0 spiro atoms. The molecule has 0 amide bonds. The summed E-state index contributed by atoms with van der Waals surface area (Å²) in [5, 5.41) is 10.6. The predicted molar refractivity (Wildman–Crippen MR) is 112 cm³/mol. The van der Waals surface area contributed by atoms with Crippen molar-refractivity contribution < 1.29 is 4.74 Å². The normalized spacial score (nSPS) is 14.0. The average Bonchev–Trinajstić information content (AvgIpc) is 3.18. The Hall–Kier alpha value is -3.66. The van der Waals surface area contributed by atoms with Crippen LogP contribution < -0.4 is 4.74 Å². The largest absolute Gasteiger partial charge is 0.464 e. The van der Waals surface area contributed by atoms with E-state index in [1.165, 1.54) is 0 Å². The molecule has 0 saturated carbocycles. The molecule has 146 valence electrons. The van der Waals surface area contributed by atoms with Gasteiger partial charge in [0.2, 0.25) is 0 Å². The predicted octanol–water partition coefficient (Wildman–Crippen LogP) is 3.93. The first-order valence-corrected chi connectivity index (χ1v) is 9.52. The Kier molecular flexibility index (Phi) is 4.77. The Balaban J connectivity index is 1.69. The number of aromatic amines is 1. The van der Waals surface area contributed by atoms with E-state index >= 15 is 0 Å². The van der Waals surface area contributed by atoms with Gasteiger partial charge in [-0.2, -0.15) is 5.26 Å². The summed E-state index contributed by atoms with van der Waals surface area (Å²) in [7, 11) is 0. The van der Waals surface area contributed by atoms with Gasteiger partial charge >= 0.3 is 6.01 Å². The van der Waals surface area contributed by atoms with E-state index < -0.39 is 5.54 Å². The lowest BCUT2D eigenvalue weighted by Gasteiger charge is -2.37. The minimum absolute atomic E-state index is 0.366. The highest BCUT2D eigenvalue weighted by atomic mass is 16.5. The first kappa shape index (κ1) is 18.7. The van der Waals surface area contributed by atoms with E-state index in [4.69, 9.17) is 4.74 Å². The van der Waals surface area contributed by atoms with Crippen molar-refractivity contribution in [3.05, 3.63) is 54.5 Å². The second kappa shape index (κ2) is 7.40. The molecular formula is C22H22N6O. The molecule has 7 heteroatoms. The van der Waals surface area contributed by atoms with E-state index in [1.807, 2.05) is 45.2 Å². The van der Waals surface area contributed by atoms with Gasteiger partial charge in [-0.25, -0.2) is 15.0 Å². The van der Waals surface area contributed by atoms with E-state index in [0.29, 0.717) is 19.2 Å². The van der Waals surface area contributed by atoms with Gasteiger partial charge in [0.25, 0.3) is 0 Å². The Morgan fingerprint density at radius 2 is 1.93 bits per heavy atom. The lowest BCUT2D eigenvalue weighted by Crippen LogP contribution is -2.42. The van der Waals surface area contributed by atoms with Crippen molar-refractivity contribution in [2.45, 2.75) is 26.3 Å². The quantitative estimate of drug-likeness (QED) is 0.714. The lowest BCUT2D eigenvalue weighted by molar-refractivity contribution is 0.284. The van der Waals surface area contributed by atoms with E-state index in [-0.39, 0.29) is 0 Å². The number of nitrogens with zero attached hydrogens (tertiary/aromatic N) is 5. The van der Waals surface area contributed by atoms with Crippen LogP contribution in [0, 0.1) is 11.3 Å². The maximum Gasteiger partial charge on any atom is 0.316 e. The van der Waals surface area contributed by atoms with Crippen LogP contribution in [0.5, 0.6) is 6.01 Å². The third-order valence-electron chi connectivity index (χ3n) is 4.90. The minimum Gasteiger partial charge on any atom is -0.464 e. The monoisotopic (exact) mass is 386 g/mol. The summed E-state index contributed by atoms with van der Waals surface area (Å²) in [4.78, 5) is 18.4. The maximum absolute atomic E-state index is 9.58. The van der Waals surface area contributed by atoms with Crippen molar-refractivity contribution in [2.24, 2.45) is 0 Å². The van der Waals surface area contributed by atoms with Gasteiger partial charge in [0.05, 0.1) is 18.4 Å². The second-order valence-corrected chi connectivity index (χ2v) is 7.29. The molecule has 1 N–H and O–H groups in total. The van der Waals surface area contributed by atoms with Crippen LogP contribution in [0.4, 0.5) is 0 Å². The molecule has 3 aromatic heterocycles. The van der Waals surface area contributed by atoms with Gasteiger partial charge in [-0.3, -0.25) is 0 Å². The fourth-order valence-corrected chi connectivity index (χ4v) is 3.33. The van der Waals surface area contributed by atoms with Crippen molar-refractivity contribution in [3.8, 4) is 23.3 Å². The summed E-state index contributed by atoms with van der Waals surface area (Å²) in [5.41, 5.74) is 3.88. The molecule has 29 heavy (non-hydrogen) atoms. The molecule has 0 bridgehead atoms. The number of hydrogen-bond acceptors (Lipinski definition) is 6. The summed E-state index contributed by atoms with van der Waals surface area (Å²) >= 11 is 0. The van der Waals surface area contributed by atoms with Crippen LogP contribution in [0.2, 0.25) is 0 Å². The number of H-pyrrole nitrogens is 1. The first-order chi connectivity index (χ1) is 14.0. The van der Waals surface area contributed by atoms with E-state index in [1.54, 1.807) is 12.4 Å². The van der Waals surface area contributed by atoms with Crippen molar-refractivity contribution >= 4 is 16.7 Å². The number of ether oxygens (including phenoxy) is 1. The van der Waals surface area contributed by atoms with Crippen LogP contribution >= 0.6 is 0 Å². The molecule has 0 aromatic carbocycles. The topological polar surface area (TPSA) is 90.7 Å². The molecule has 0 atom stereocenters. The maximum atomic E-state index is 9.58. The van der Waals surface area contributed by atoms with Gasteiger partial charge in [0.15, 0.2) is 0 Å². The number of allylic oxidation sites excluding steroid dienone is 2. The van der Waals surface area contributed by atoms with Crippen LogP contribution in [0.15, 0.2) is 49.0 Å². The number of nitrogens with one attached hydrogen (secondary N) is 1. The smallest absolute Gasteiger partial charge is 0.316 e. The first-order valence-electron chi connectivity index (χ1n) is 9.52. The molecule has 0 unspecified atom stereocenters. The highest BCUT2D eigenvalue weighted by Crippen LogP contribution is 2.31. The van der Waals surface area contributed by atoms with Gasteiger partial charge < -0.3 is 14.6 Å². The molecule has 1 aliphatic rings. The molecule has 7 nitrogen and oxygen atoms in total.